The van der Waals surface area contributed by atoms with Crippen LogP contribution in [-0.2, 0) is 14.7 Å². The second-order valence-corrected chi connectivity index (χ2v) is 11.5. The van der Waals surface area contributed by atoms with Crippen molar-refractivity contribution in [2.45, 2.75) is 57.7 Å². The summed E-state index contributed by atoms with van der Waals surface area (Å²) in [6.45, 7) is 1.54. The third kappa shape index (κ3) is 4.43. The molecular weight excluding hydrogens is 547 g/mol. The molecule has 2 aliphatic rings. The summed E-state index contributed by atoms with van der Waals surface area (Å²) < 4.78 is 49.8. The molecule has 3 atom stereocenters. The van der Waals surface area contributed by atoms with E-state index in [2.05, 4.69) is 9.97 Å². The molecule has 210 valence electrons. The number of aliphatic hydroxyl groups is 1. The van der Waals surface area contributed by atoms with Gasteiger partial charge in [0.1, 0.15) is 23.4 Å². The van der Waals surface area contributed by atoms with Gasteiger partial charge in [0.15, 0.2) is 5.82 Å². The van der Waals surface area contributed by atoms with Crippen LogP contribution in [0.15, 0.2) is 48.8 Å². The minimum Gasteiger partial charge on any atom is -0.434 e. The van der Waals surface area contributed by atoms with Crippen LogP contribution in [0.2, 0.25) is 0 Å². The maximum absolute atomic E-state index is 13.3. The van der Waals surface area contributed by atoms with Crippen LogP contribution in [0, 0.1) is 0 Å². The second-order valence-electron chi connectivity index (χ2n) is 10.3. The summed E-state index contributed by atoms with van der Waals surface area (Å²) in [6.07, 6.45) is 2.69. The number of phosphoric acid groups is 1. The Balaban J connectivity index is 1.44. The SMILES string of the molecule is CC(O)N1c2cccc(OC(F)F)c2[C@H]2C[C@@H]1c1nc3ccc(-c4cnc(C(C)(C)OP(=O)(O)O)nc4)cc3n12. The Morgan fingerprint density at radius 3 is 2.48 bits per heavy atom. The van der Waals surface area contributed by atoms with E-state index >= 15 is 0 Å². The van der Waals surface area contributed by atoms with Gasteiger partial charge in [0.05, 0.1) is 23.1 Å². The molecule has 40 heavy (non-hydrogen) atoms. The van der Waals surface area contributed by atoms with Crippen molar-refractivity contribution in [1.82, 2.24) is 19.5 Å². The fourth-order valence-corrected chi connectivity index (χ4v) is 6.48. The molecule has 0 aliphatic carbocycles. The Labute approximate surface area is 227 Å². The van der Waals surface area contributed by atoms with Gasteiger partial charge in [-0.05, 0) is 50.6 Å². The van der Waals surface area contributed by atoms with E-state index in [9.17, 15) is 28.2 Å². The van der Waals surface area contributed by atoms with Crippen molar-refractivity contribution < 1.29 is 37.5 Å². The molecule has 0 spiro atoms. The Hall–Kier alpha value is -3.48. The van der Waals surface area contributed by atoms with Crippen LogP contribution in [0.4, 0.5) is 14.5 Å². The number of aromatic nitrogens is 4. The van der Waals surface area contributed by atoms with Crippen LogP contribution in [0.5, 0.6) is 5.75 Å². The number of rotatable bonds is 7. The molecule has 6 rings (SSSR count). The van der Waals surface area contributed by atoms with E-state index in [1.165, 1.54) is 32.3 Å². The lowest BCUT2D eigenvalue weighted by molar-refractivity contribution is -0.0507. The number of fused-ring (bicyclic) bond motifs is 9. The van der Waals surface area contributed by atoms with Crippen LogP contribution >= 0.6 is 7.82 Å². The zero-order valence-corrected chi connectivity index (χ0v) is 22.5. The molecule has 0 radical (unpaired) electrons. The topological polar surface area (TPSA) is 143 Å². The van der Waals surface area contributed by atoms with Gasteiger partial charge in [-0.15, -0.1) is 0 Å². The first-order valence-electron chi connectivity index (χ1n) is 12.5. The molecule has 0 fully saturated rings. The molecular formula is C26H26F2N5O6P. The van der Waals surface area contributed by atoms with Crippen molar-refractivity contribution in [3.05, 3.63) is 66.0 Å². The first-order chi connectivity index (χ1) is 18.8. The molecule has 4 heterocycles. The third-order valence-electron chi connectivity index (χ3n) is 7.25. The predicted molar refractivity (Wildman–Crippen MR) is 140 cm³/mol. The molecule has 14 heteroatoms. The minimum absolute atomic E-state index is 0.0524. The second kappa shape index (κ2) is 9.28. The van der Waals surface area contributed by atoms with Crippen LogP contribution in [-0.4, -0.2) is 47.3 Å². The Morgan fingerprint density at radius 1 is 1.10 bits per heavy atom. The molecule has 2 bridgehead atoms. The third-order valence-corrected chi connectivity index (χ3v) is 7.95. The summed E-state index contributed by atoms with van der Waals surface area (Å²) in [5.74, 6) is 0.859. The summed E-state index contributed by atoms with van der Waals surface area (Å²) in [7, 11) is -4.76. The molecule has 0 amide bonds. The highest BCUT2D eigenvalue weighted by atomic mass is 31.2. The first kappa shape index (κ1) is 26.7. The highest BCUT2D eigenvalue weighted by molar-refractivity contribution is 7.46. The summed E-state index contributed by atoms with van der Waals surface area (Å²) in [5.41, 5.74) is 2.61. The number of halogens is 2. The number of anilines is 1. The smallest absolute Gasteiger partial charge is 0.434 e. The van der Waals surface area contributed by atoms with Gasteiger partial charge in [-0.1, -0.05) is 12.1 Å². The normalized spacial score (nSPS) is 19.2. The van der Waals surface area contributed by atoms with Gasteiger partial charge in [0.25, 0.3) is 0 Å². The summed E-state index contributed by atoms with van der Waals surface area (Å²) in [6, 6.07) is 9.91. The number of alkyl halides is 2. The van der Waals surface area contributed by atoms with E-state index in [1.54, 1.807) is 24.0 Å². The molecule has 2 aromatic heterocycles. The van der Waals surface area contributed by atoms with Crippen molar-refractivity contribution >= 4 is 24.5 Å². The Bertz CT molecular complexity index is 1660. The Morgan fingerprint density at radius 2 is 1.82 bits per heavy atom. The minimum atomic E-state index is -4.76. The van der Waals surface area contributed by atoms with Gasteiger partial charge >= 0.3 is 14.4 Å². The first-order valence-corrected chi connectivity index (χ1v) is 14.0. The maximum atomic E-state index is 13.3. The average Bonchev–Trinajstić information content (AvgIpc) is 3.38. The van der Waals surface area contributed by atoms with E-state index in [4.69, 9.17) is 14.2 Å². The molecule has 2 aliphatic heterocycles. The zero-order valence-electron chi connectivity index (χ0n) is 21.6. The molecule has 2 aromatic carbocycles. The summed E-state index contributed by atoms with van der Waals surface area (Å²) >= 11 is 0. The number of aliphatic hydroxyl groups excluding tert-OH is 1. The predicted octanol–water partition coefficient (Wildman–Crippen LogP) is 4.63. The van der Waals surface area contributed by atoms with Gasteiger partial charge in [-0.3, -0.25) is 4.52 Å². The number of hydrogen-bond donors (Lipinski definition) is 3. The summed E-state index contributed by atoms with van der Waals surface area (Å²) in [5, 5.41) is 10.7. The van der Waals surface area contributed by atoms with E-state index in [-0.39, 0.29) is 23.7 Å². The van der Waals surface area contributed by atoms with E-state index in [0.29, 0.717) is 34.6 Å². The lowest BCUT2D eigenvalue weighted by Gasteiger charge is -2.38. The number of benzene rings is 2. The maximum Gasteiger partial charge on any atom is 0.470 e. The molecule has 3 N–H and O–H groups in total. The van der Waals surface area contributed by atoms with Crippen molar-refractivity contribution in [3.8, 4) is 16.9 Å². The van der Waals surface area contributed by atoms with Crippen molar-refractivity contribution in [1.29, 1.82) is 0 Å². The number of nitrogens with zero attached hydrogens (tertiary/aromatic N) is 5. The van der Waals surface area contributed by atoms with Gasteiger partial charge < -0.3 is 29.1 Å². The standard InChI is InChI=1S/C26H26F2N5O6P/c1-13(34)32-17-5-4-6-21(38-25(27)28)22(17)19-10-20(32)23-31-16-8-7-14(9-18(16)33(19)23)15-11-29-24(30-12-15)26(2,3)39-40(35,36)37/h4-9,11-13,19-20,25,34H,10H2,1-3H3,(H2,35,36,37)/t13?,19-,20-/m1/s1. The molecule has 0 saturated heterocycles. The van der Waals surface area contributed by atoms with Crippen LogP contribution in [0.1, 0.15) is 56.5 Å². The largest absolute Gasteiger partial charge is 0.470 e. The van der Waals surface area contributed by atoms with Gasteiger partial charge in [-0.25, -0.2) is 19.5 Å². The van der Waals surface area contributed by atoms with E-state index < -0.39 is 26.3 Å². The quantitative estimate of drug-likeness (QED) is 0.268. The lowest BCUT2D eigenvalue weighted by Crippen LogP contribution is -2.38. The molecule has 0 saturated carbocycles. The van der Waals surface area contributed by atoms with E-state index in [0.717, 1.165) is 11.1 Å². The van der Waals surface area contributed by atoms with Crippen LogP contribution < -0.4 is 9.64 Å². The van der Waals surface area contributed by atoms with Gasteiger partial charge in [-0.2, -0.15) is 8.78 Å². The monoisotopic (exact) mass is 573 g/mol. The molecule has 1 unspecified atom stereocenters. The average molecular weight is 573 g/mol. The van der Waals surface area contributed by atoms with Gasteiger partial charge in [0, 0.05) is 35.6 Å². The highest BCUT2D eigenvalue weighted by Crippen LogP contribution is 2.55. The van der Waals surface area contributed by atoms with Crippen molar-refractivity contribution in [2.24, 2.45) is 0 Å². The van der Waals surface area contributed by atoms with Crippen molar-refractivity contribution in [2.75, 3.05) is 4.90 Å². The number of hydrogen-bond acceptors (Lipinski definition) is 8. The van der Waals surface area contributed by atoms with E-state index in [1.807, 2.05) is 22.8 Å². The highest BCUT2D eigenvalue weighted by Gasteiger charge is 2.47. The van der Waals surface area contributed by atoms with Crippen LogP contribution in [0.3, 0.4) is 0 Å². The number of ether oxygens (including phenoxy) is 1. The fraction of sp³-hybridized carbons (Fsp3) is 0.346. The number of imidazole rings is 1. The molecule has 4 aromatic rings. The summed E-state index contributed by atoms with van der Waals surface area (Å²) in [4.78, 5) is 33.6. The van der Waals surface area contributed by atoms with Crippen LogP contribution in [0.25, 0.3) is 22.2 Å². The lowest BCUT2D eigenvalue weighted by atomic mass is 9.92. The zero-order chi connectivity index (χ0) is 28.6. The Kier molecular flexibility index (Phi) is 6.20. The number of phosphoric ester groups is 1. The van der Waals surface area contributed by atoms with Gasteiger partial charge in [0.2, 0.25) is 0 Å². The molecule has 11 nitrogen and oxygen atoms in total. The van der Waals surface area contributed by atoms with Crippen molar-refractivity contribution in [3.63, 3.8) is 0 Å². The fourth-order valence-electron chi connectivity index (χ4n) is 5.81.